The Morgan fingerprint density at radius 2 is 1.62 bits per heavy atom. The summed E-state index contributed by atoms with van der Waals surface area (Å²) in [6, 6.07) is 6.22. The summed E-state index contributed by atoms with van der Waals surface area (Å²) in [5.74, 6) is 1.30. The smallest absolute Gasteiger partial charge is 0.275 e. The third-order valence-corrected chi connectivity index (χ3v) is 4.91. The molecule has 5 heteroatoms. The Morgan fingerprint density at radius 1 is 1.00 bits per heavy atom. The number of rotatable bonds is 5. The van der Waals surface area contributed by atoms with Crippen LogP contribution in [-0.4, -0.2) is 29.0 Å². The second kappa shape index (κ2) is 7.85. The molecule has 1 saturated heterocycles. The molecule has 0 unspecified atom stereocenters. The number of amides is 1. The van der Waals surface area contributed by atoms with Crippen LogP contribution >= 0.6 is 0 Å². The molecule has 26 heavy (non-hydrogen) atoms. The molecule has 1 aromatic heterocycles. The number of carbonyl (C=O) groups is 1. The molecule has 0 bridgehead atoms. The Hall–Kier alpha value is -2.43. The van der Waals surface area contributed by atoms with Crippen LogP contribution in [0.4, 0.5) is 11.5 Å². The zero-order chi connectivity index (χ0) is 18.7. The maximum atomic E-state index is 12.8. The van der Waals surface area contributed by atoms with Gasteiger partial charge in [-0.05, 0) is 35.8 Å². The van der Waals surface area contributed by atoms with Gasteiger partial charge in [0.1, 0.15) is 11.5 Å². The molecule has 1 aliphatic rings. The van der Waals surface area contributed by atoms with Crippen LogP contribution < -0.4 is 10.2 Å². The summed E-state index contributed by atoms with van der Waals surface area (Å²) in [4.78, 5) is 23.8. The molecule has 2 aromatic rings. The molecule has 0 atom stereocenters. The second-order valence-corrected chi connectivity index (χ2v) is 7.53. The molecule has 1 aromatic carbocycles. The van der Waals surface area contributed by atoms with Gasteiger partial charge in [-0.1, -0.05) is 45.9 Å². The number of nitrogens with zero attached hydrogens (tertiary/aromatic N) is 3. The Morgan fingerprint density at radius 3 is 2.12 bits per heavy atom. The average molecular weight is 352 g/mol. The molecule has 0 radical (unpaired) electrons. The average Bonchev–Trinajstić information content (AvgIpc) is 3.16. The van der Waals surface area contributed by atoms with E-state index in [1.54, 1.807) is 12.4 Å². The Kier molecular flexibility index (Phi) is 5.55. The van der Waals surface area contributed by atoms with Gasteiger partial charge in [-0.3, -0.25) is 4.79 Å². The van der Waals surface area contributed by atoms with E-state index in [2.05, 4.69) is 66.1 Å². The fraction of sp³-hybridized carbons (Fsp3) is 0.476. The quantitative estimate of drug-likeness (QED) is 0.856. The molecule has 1 aliphatic heterocycles. The van der Waals surface area contributed by atoms with Crippen molar-refractivity contribution in [1.82, 2.24) is 9.97 Å². The standard InChI is InChI=1S/C21H28N4O/c1-14(2)16-8-7-9-17(15(3)4)20(16)24-21(26)18-12-23-19(13-22-18)25-10-5-6-11-25/h7-9,12-15H,5-6,10-11H2,1-4H3,(H,24,26). The van der Waals surface area contributed by atoms with E-state index in [0.29, 0.717) is 17.5 Å². The Labute approximate surface area is 155 Å². The molecule has 1 fully saturated rings. The maximum Gasteiger partial charge on any atom is 0.275 e. The number of anilines is 2. The van der Waals surface area contributed by atoms with Crippen LogP contribution in [0.2, 0.25) is 0 Å². The third-order valence-electron chi connectivity index (χ3n) is 4.91. The molecule has 5 nitrogen and oxygen atoms in total. The van der Waals surface area contributed by atoms with Gasteiger partial charge in [-0.2, -0.15) is 0 Å². The van der Waals surface area contributed by atoms with Crippen molar-refractivity contribution in [2.24, 2.45) is 0 Å². The van der Waals surface area contributed by atoms with Gasteiger partial charge in [0, 0.05) is 18.8 Å². The zero-order valence-corrected chi connectivity index (χ0v) is 16.1. The van der Waals surface area contributed by atoms with Crippen molar-refractivity contribution in [3.05, 3.63) is 47.4 Å². The van der Waals surface area contributed by atoms with Gasteiger partial charge >= 0.3 is 0 Å². The van der Waals surface area contributed by atoms with Gasteiger partial charge in [0.05, 0.1) is 12.4 Å². The first-order valence-corrected chi connectivity index (χ1v) is 9.48. The first kappa shape index (κ1) is 18.4. The van der Waals surface area contributed by atoms with Crippen LogP contribution in [-0.2, 0) is 0 Å². The number of para-hydroxylation sites is 1. The van der Waals surface area contributed by atoms with Crippen LogP contribution in [0, 0.1) is 0 Å². The topological polar surface area (TPSA) is 58.1 Å². The predicted octanol–water partition coefficient (Wildman–Crippen LogP) is 4.58. The largest absolute Gasteiger partial charge is 0.355 e. The maximum absolute atomic E-state index is 12.8. The van der Waals surface area contributed by atoms with Crippen molar-refractivity contribution >= 4 is 17.4 Å². The van der Waals surface area contributed by atoms with Crippen molar-refractivity contribution in [3.63, 3.8) is 0 Å². The molecule has 138 valence electrons. The van der Waals surface area contributed by atoms with Crippen molar-refractivity contribution in [1.29, 1.82) is 0 Å². The van der Waals surface area contributed by atoms with E-state index in [-0.39, 0.29) is 5.91 Å². The van der Waals surface area contributed by atoms with Crippen LogP contribution in [0.25, 0.3) is 0 Å². The van der Waals surface area contributed by atoms with Gasteiger partial charge in [0.25, 0.3) is 5.91 Å². The van der Waals surface area contributed by atoms with Crippen molar-refractivity contribution in [3.8, 4) is 0 Å². The highest BCUT2D eigenvalue weighted by molar-refractivity contribution is 6.03. The van der Waals surface area contributed by atoms with Gasteiger partial charge in [-0.15, -0.1) is 0 Å². The zero-order valence-electron chi connectivity index (χ0n) is 16.1. The number of benzene rings is 1. The normalized spacial score (nSPS) is 14.3. The molecular formula is C21H28N4O. The summed E-state index contributed by atoms with van der Waals surface area (Å²) < 4.78 is 0. The predicted molar refractivity (Wildman–Crippen MR) is 106 cm³/mol. The highest BCUT2D eigenvalue weighted by atomic mass is 16.1. The lowest BCUT2D eigenvalue weighted by Crippen LogP contribution is -2.21. The Bertz CT molecular complexity index is 736. The monoisotopic (exact) mass is 352 g/mol. The van der Waals surface area contributed by atoms with Gasteiger partial charge in [-0.25, -0.2) is 9.97 Å². The summed E-state index contributed by atoms with van der Waals surface area (Å²) in [6.45, 7) is 10.6. The molecule has 0 saturated carbocycles. The van der Waals surface area contributed by atoms with Crippen LogP contribution in [0.1, 0.15) is 74.0 Å². The first-order valence-electron chi connectivity index (χ1n) is 9.48. The summed E-state index contributed by atoms with van der Waals surface area (Å²) in [5, 5.41) is 3.09. The number of hydrogen-bond donors (Lipinski definition) is 1. The van der Waals surface area contributed by atoms with Crippen LogP contribution in [0.15, 0.2) is 30.6 Å². The van der Waals surface area contributed by atoms with Gasteiger partial charge in [0.2, 0.25) is 0 Å². The Balaban J connectivity index is 1.83. The molecular weight excluding hydrogens is 324 g/mol. The number of hydrogen-bond acceptors (Lipinski definition) is 4. The summed E-state index contributed by atoms with van der Waals surface area (Å²) >= 11 is 0. The minimum absolute atomic E-state index is 0.208. The van der Waals surface area contributed by atoms with E-state index in [1.807, 2.05) is 0 Å². The van der Waals surface area contributed by atoms with Crippen LogP contribution in [0.3, 0.4) is 0 Å². The number of aromatic nitrogens is 2. The van der Waals surface area contributed by atoms with Gasteiger partial charge in [0.15, 0.2) is 0 Å². The van der Waals surface area contributed by atoms with Crippen LogP contribution in [0.5, 0.6) is 0 Å². The summed E-state index contributed by atoms with van der Waals surface area (Å²) in [5.41, 5.74) is 3.55. The second-order valence-electron chi connectivity index (χ2n) is 7.53. The van der Waals surface area contributed by atoms with E-state index in [9.17, 15) is 4.79 Å². The SMILES string of the molecule is CC(C)c1cccc(C(C)C)c1NC(=O)c1cnc(N2CCCC2)cn1. The molecule has 0 aliphatic carbocycles. The van der Waals surface area contributed by atoms with E-state index >= 15 is 0 Å². The fourth-order valence-electron chi connectivity index (χ4n) is 3.42. The lowest BCUT2D eigenvalue weighted by molar-refractivity contribution is 0.102. The lowest BCUT2D eigenvalue weighted by Gasteiger charge is -2.20. The molecule has 1 amide bonds. The van der Waals surface area contributed by atoms with Gasteiger partial charge < -0.3 is 10.2 Å². The fourth-order valence-corrected chi connectivity index (χ4v) is 3.42. The van der Waals surface area contributed by atoms with E-state index in [0.717, 1.165) is 35.7 Å². The molecule has 1 N–H and O–H groups in total. The minimum atomic E-state index is -0.208. The summed E-state index contributed by atoms with van der Waals surface area (Å²) in [6.07, 6.45) is 5.66. The highest BCUT2D eigenvalue weighted by Crippen LogP contribution is 2.32. The van der Waals surface area contributed by atoms with E-state index in [1.165, 1.54) is 12.8 Å². The number of nitrogens with one attached hydrogen (secondary N) is 1. The molecule has 2 heterocycles. The van der Waals surface area contributed by atoms with Crippen molar-refractivity contribution < 1.29 is 4.79 Å². The van der Waals surface area contributed by atoms with E-state index in [4.69, 9.17) is 0 Å². The number of carbonyl (C=O) groups excluding carboxylic acids is 1. The molecule has 3 rings (SSSR count). The lowest BCUT2D eigenvalue weighted by atomic mass is 9.92. The third kappa shape index (κ3) is 3.87. The van der Waals surface area contributed by atoms with E-state index < -0.39 is 0 Å². The highest BCUT2D eigenvalue weighted by Gasteiger charge is 2.19. The summed E-state index contributed by atoms with van der Waals surface area (Å²) in [7, 11) is 0. The van der Waals surface area contributed by atoms with Crippen molar-refractivity contribution in [2.45, 2.75) is 52.4 Å². The molecule has 0 spiro atoms. The first-order chi connectivity index (χ1) is 12.5. The minimum Gasteiger partial charge on any atom is -0.355 e. The van der Waals surface area contributed by atoms with Crippen molar-refractivity contribution in [2.75, 3.05) is 23.3 Å².